The molecule has 9 nitrogen and oxygen atoms in total. The second-order valence-corrected chi connectivity index (χ2v) is 11.7. The van der Waals surface area contributed by atoms with Gasteiger partial charge >= 0.3 is 0 Å². The van der Waals surface area contributed by atoms with Gasteiger partial charge in [-0.3, -0.25) is 14.5 Å². The number of rotatable bonds is 8. The minimum Gasteiger partial charge on any atom is -0.454 e. The molecule has 1 aromatic heterocycles. The normalized spacial score (nSPS) is 16.0. The van der Waals surface area contributed by atoms with Gasteiger partial charge in [-0.2, -0.15) is 5.10 Å². The second kappa shape index (κ2) is 11.9. The summed E-state index contributed by atoms with van der Waals surface area (Å²) in [6.07, 6.45) is 0. The first-order chi connectivity index (χ1) is 20.4. The highest BCUT2D eigenvalue weighted by molar-refractivity contribution is 8.00. The summed E-state index contributed by atoms with van der Waals surface area (Å²) in [6, 6.07) is 23.9. The van der Waals surface area contributed by atoms with E-state index in [1.54, 1.807) is 4.90 Å². The van der Waals surface area contributed by atoms with Crippen molar-refractivity contribution >= 4 is 29.4 Å². The van der Waals surface area contributed by atoms with Crippen LogP contribution in [0.15, 0.2) is 72.8 Å². The number of anilines is 1. The summed E-state index contributed by atoms with van der Waals surface area (Å²) in [5.74, 6) is 1.79. The van der Waals surface area contributed by atoms with Crippen molar-refractivity contribution in [3.63, 3.8) is 0 Å². The van der Waals surface area contributed by atoms with Crippen LogP contribution < -0.4 is 19.7 Å². The molecule has 0 spiro atoms. The Balaban J connectivity index is 1.54. The lowest BCUT2D eigenvalue weighted by Gasteiger charge is -2.23. The molecule has 3 heterocycles. The summed E-state index contributed by atoms with van der Waals surface area (Å²) in [5, 5.41) is 7.86. The molecule has 2 aliphatic rings. The SMILES string of the molecule is Cc1ccc(-n2nc(-c3ccccc3)c3c2N(CC(=O)NCCN(C)C)C(=O)CSC3c2ccc3c(c2)OCO3)cc1. The maximum Gasteiger partial charge on any atom is 0.240 e. The quantitative estimate of drug-likeness (QED) is 0.329. The first-order valence-electron chi connectivity index (χ1n) is 13.9. The number of nitrogens with one attached hydrogen (secondary N) is 1. The number of carbonyl (C=O) groups excluding carboxylic acids is 2. The standard InChI is InChI=1S/C32H33N5O4S/c1-21-9-12-24(13-10-21)37-32-29(30(34-37)22-7-5-4-6-8-22)31(23-11-14-25-26(17-23)41-20-40-25)42-19-28(39)36(32)18-27(38)33-15-16-35(2)3/h4-14,17,31H,15-16,18-20H2,1-3H3,(H,33,38). The van der Waals surface area contributed by atoms with Gasteiger partial charge in [0.2, 0.25) is 18.6 Å². The van der Waals surface area contributed by atoms with Gasteiger partial charge < -0.3 is 19.7 Å². The topological polar surface area (TPSA) is 88.9 Å². The maximum absolute atomic E-state index is 13.9. The predicted octanol–water partition coefficient (Wildman–Crippen LogP) is 4.42. The van der Waals surface area contributed by atoms with Gasteiger partial charge in [0.25, 0.3) is 0 Å². The van der Waals surface area contributed by atoms with Crippen molar-refractivity contribution in [2.75, 3.05) is 51.2 Å². The number of aromatic nitrogens is 2. The number of amides is 2. The smallest absolute Gasteiger partial charge is 0.240 e. The molecular weight excluding hydrogens is 550 g/mol. The van der Waals surface area contributed by atoms with Crippen molar-refractivity contribution in [3.05, 3.63) is 89.5 Å². The third-order valence-electron chi connectivity index (χ3n) is 7.30. The van der Waals surface area contributed by atoms with E-state index < -0.39 is 0 Å². The van der Waals surface area contributed by atoms with Gasteiger partial charge in [-0.05, 0) is 50.8 Å². The van der Waals surface area contributed by atoms with E-state index in [0.29, 0.717) is 30.4 Å². The van der Waals surface area contributed by atoms with Gasteiger partial charge in [0, 0.05) is 24.2 Å². The van der Waals surface area contributed by atoms with E-state index in [4.69, 9.17) is 14.6 Å². The van der Waals surface area contributed by atoms with Crippen LogP contribution in [0, 0.1) is 6.92 Å². The zero-order valence-corrected chi connectivity index (χ0v) is 24.7. The number of carbonyl (C=O) groups is 2. The molecule has 6 rings (SSSR count). The first kappa shape index (κ1) is 27.9. The van der Waals surface area contributed by atoms with Crippen molar-refractivity contribution in [1.82, 2.24) is 20.0 Å². The fraction of sp³-hybridized carbons (Fsp3) is 0.281. The molecule has 2 amide bonds. The van der Waals surface area contributed by atoms with Crippen LogP contribution in [-0.4, -0.2) is 72.8 Å². The van der Waals surface area contributed by atoms with E-state index >= 15 is 0 Å². The summed E-state index contributed by atoms with van der Waals surface area (Å²) in [5.41, 5.74) is 5.45. The second-order valence-electron chi connectivity index (χ2n) is 10.6. The highest BCUT2D eigenvalue weighted by Crippen LogP contribution is 2.50. The zero-order valence-electron chi connectivity index (χ0n) is 23.9. The monoisotopic (exact) mass is 583 g/mol. The fourth-order valence-electron chi connectivity index (χ4n) is 5.15. The lowest BCUT2D eigenvalue weighted by Crippen LogP contribution is -2.43. The number of benzene rings is 3. The van der Waals surface area contributed by atoms with Crippen LogP contribution >= 0.6 is 11.8 Å². The molecule has 0 radical (unpaired) electrons. The van der Waals surface area contributed by atoms with Crippen molar-refractivity contribution in [2.24, 2.45) is 0 Å². The highest BCUT2D eigenvalue weighted by Gasteiger charge is 2.38. The number of hydrogen-bond donors (Lipinski definition) is 1. The van der Waals surface area contributed by atoms with Crippen LogP contribution in [0.2, 0.25) is 0 Å². The summed E-state index contributed by atoms with van der Waals surface area (Å²) in [7, 11) is 3.91. The van der Waals surface area contributed by atoms with Gasteiger partial charge in [0.1, 0.15) is 12.4 Å². The Morgan fingerprint density at radius 1 is 1.05 bits per heavy atom. The van der Waals surface area contributed by atoms with Crippen molar-refractivity contribution < 1.29 is 19.1 Å². The molecule has 10 heteroatoms. The molecule has 216 valence electrons. The summed E-state index contributed by atoms with van der Waals surface area (Å²) >= 11 is 1.53. The molecule has 0 fully saturated rings. The molecule has 42 heavy (non-hydrogen) atoms. The van der Waals surface area contributed by atoms with Gasteiger partial charge in [0.05, 0.1) is 22.4 Å². The molecule has 0 saturated carbocycles. The maximum atomic E-state index is 13.9. The Morgan fingerprint density at radius 2 is 1.81 bits per heavy atom. The Labute approximate surface area is 249 Å². The minimum absolute atomic E-state index is 0.112. The number of nitrogens with zero attached hydrogens (tertiary/aromatic N) is 4. The van der Waals surface area contributed by atoms with E-state index in [1.807, 2.05) is 103 Å². The van der Waals surface area contributed by atoms with Crippen molar-refractivity contribution in [3.8, 4) is 28.4 Å². The number of ether oxygens (including phenoxy) is 2. The summed E-state index contributed by atoms with van der Waals surface area (Å²) in [4.78, 5) is 30.7. The predicted molar refractivity (Wildman–Crippen MR) is 165 cm³/mol. The van der Waals surface area contributed by atoms with E-state index in [0.717, 1.165) is 33.6 Å². The van der Waals surface area contributed by atoms with Crippen molar-refractivity contribution in [1.29, 1.82) is 0 Å². The van der Waals surface area contributed by atoms with E-state index in [9.17, 15) is 9.59 Å². The molecule has 1 N–H and O–H groups in total. The van der Waals surface area contributed by atoms with Gasteiger partial charge in [0.15, 0.2) is 11.5 Å². The van der Waals surface area contributed by atoms with Gasteiger partial charge in [-0.25, -0.2) is 4.68 Å². The molecule has 4 aromatic rings. The molecule has 1 atom stereocenters. The molecule has 0 aliphatic carbocycles. The van der Waals surface area contributed by atoms with Crippen LogP contribution in [0.5, 0.6) is 11.5 Å². The Kier molecular flexibility index (Phi) is 7.90. The van der Waals surface area contributed by atoms with Gasteiger partial charge in [-0.1, -0.05) is 54.1 Å². The molecule has 2 aliphatic heterocycles. The molecule has 0 saturated heterocycles. The van der Waals surface area contributed by atoms with E-state index in [1.165, 1.54) is 11.8 Å². The zero-order chi connectivity index (χ0) is 29.2. The Bertz CT molecular complexity index is 1600. The Morgan fingerprint density at radius 3 is 2.57 bits per heavy atom. The number of likely N-dealkylation sites (N-methyl/N-ethyl adjacent to an activating group) is 1. The van der Waals surface area contributed by atoms with Crippen LogP contribution in [0.4, 0.5) is 5.82 Å². The molecular formula is C32H33N5O4S. The summed E-state index contributed by atoms with van der Waals surface area (Å²) in [6.45, 7) is 3.29. The third kappa shape index (κ3) is 5.60. The molecule has 0 bridgehead atoms. The van der Waals surface area contributed by atoms with Gasteiger partial charge in [-0.15, -0.1) is 11.8 Å². The number of aryl methyl sites for hydroxylation is 1. The number of hydrogen-bond acceptors (Lipinski definition) is 7. The first-order valence-corrected chi connectivity index (χ1v) is 14.9. The summed E-state index contributed by atoms with van der Waals surface area (Å²) < 4.78 is 13.1. The minimum atomic E-state index is -0.255. The van der Waals surface area contributed by atoms with Crippen LogP contribution in [0.25, 0.3) is 16.9 Å². The van der Waals surface area contributed by atoms with E-state index in [-0.39, 0.29) is 36.2 Å². The highest BCUT2D eigenvalue weighted by atomic mass is 32.2. The molecule has 3 aromatic carbocycles. The average Bonchev–Trinajstić information content (AvgIpc) is 3.58. The third-order valence-corrected chi connectivity index (χ3v) is 8.55. The lowest BCUT2D eigenvalue weighted by atomic mass is 9.99. The molecule has 1 unspecified atom stereocenters. The van der Waals surface area contributed by atoms with Crippen LogP contribution in [-0.2, 0) is 9.59 Å². The lowest BCUT2D eigenvalue weighted by molar-refractivity contribution is -0.122. The fourth-order valence-corrected chi connectivity index (χ4v) is 6.34. The van der Waals surface area contributed by atoms with Crippen LogP contribution in [0.3, 0.4) is 0 Å². The van der Waals surface area contributed by atoms with Crippen molar-refractivity contribution in [2.45, 2.75) is 12.2 Å². The Hall–Kier alpha value is -4.28. The number of fused-ring (bicyclic) bond motifs is 2. The van der Waals surface area contributed by atoms with E-state index in [2.05, 4.69) is 5.32 Å². The largest absolute Gasteiger partial charge is 0.454 e. The number of thioether (sulfide) groups is 1. The average molecular weight is 584 g/mol. The van der Waals surface area contributed by atoms with Crippen LogP contribution in [0.1, 0.15) is 21.9 Å².